The summed E-state index contributed by atoms with van der Waals surface area (Å²) in [5.74, 6) is 0.309. The van der Waals surface area contributed by atoms with Crippen LogP contribution in [0.15, 0.2) is 60.8 Å². The van der Waals surface area contributed by atoms with Crippen LogP contribution in [0.25, 0.3) is 0 Å². The first-order chi connectivity index (χ1) is 18.3. The lowest BCUT2D eigenvalue weighted by molar-refractivity contribution is -0.142. The number of carbonyl (C=O) groups is 3. The van der Waals surface area contributed by atoms with Gasteiger partial charge in [-0.25, -0.2) is 4.98 Å². The lowest BCUT2D eigenvalue weighted by atomic mass is 9.77. The van der Waals surface area contributed by atoms with Crippen LogP contribution in [0, 0.1) is 5.92 Å². The number of hydrogen-bond acceptors (Lipinski definition) is 4. The van der Waals surface area contributed by atoms with Crippen molar-refractivity contribution in [3.63, 3.8) is 0 Å². The third kappa shape index (κ3) is 3.93. The largest absolute Gasteiger partial charge is 0.339 e. The molecule has 7 heteroatoms. The second-order valence-electron chi connectivity index (χ2n) is 10.9. The summed E-state index contributed by atoms with van der Waals surface area (Å²) in [6.07, 6.45) is 3.58. The average molecular weight is 528 g/mol. The molecule has 6 rings (SSSR count). The number of aromatic nitrogens is 1. The van der Waals surface area contributed by atoms with Crippen LogP contribution in [0.2, 0.25) is 5.02 Å². The monoisotopic (exact) mass is 527 g/mol. The van der Waals surface area contributed by atoms with Crippen molar-refractivity contribution in [2.45, 2.75) is 56.9 Å². The molecule has 1 aromatic heterocycles. The zero-order valence-electron chi connectivity index (χ0n) is 21.5. The highest BCUT2D eigenvalue weighted by Crippen LogP contribution is 2.47. The first kappa shape index (κ1) is 24.8. The fraction of sp³-hybridized carbons (Fsp3) is 0.355. The van der Waals surface area contributed by atoms with E-state index in [2.05, 4.69) is 23.3 Å². The number of amides is 2. The molecule has 2 aliphatic heterocycles. The van der Waals surface area contributed by atoms with Gasteiger partial charge in [-0.05, 0) is 74.1 Å². The highest BCUT2D eigenvalue weighted by molar-refractivity contribution is 6.30. The molecule has 3 heterocycles. The minimum atomic E-state index is -0.672. The average Bonchev–Trinajstić information content (AvgIpc) is 3.42. The smallest absolute Gasteiger partial charge is 0.237 e. The number of benzene rings is 2. The summed E-state index contributed by atoms with van der Waals surface area (Å²) >= 11 is 6.28. The summed E-state index contributed by atoms with van der Waals surface area (Å²) in [4.78, 5) is 46.2. The lowest BCUT2D eigenvalue weighted by Crippen LogP contribution is -2.50. The zero-order chi connectivity index (χ0) is 26.6. The van der Waals surface area contributed by atoms with Crippen LogP contribution in [0.1, 0.15) is 65.2 Å². The van der Waals surface area contributed by atoms with Gasteiger partial charge in [-0.1, -0.05) is 41.9 Å². The van der Waals surface area contributed by atoms with Gasteiger partial charge in [-0.2, -0.15) is 0 Å². The van der Waals surface area contributed by atoms with Crippen molar-refractivity contribution in [3.8, 4) is 0 Å². The van der Waals surface area contributed by atoms with Crippen molar-refractivity contribution in [1.29, 1.82) is 0 Å². The van der Waals surface area contributed by atoms with Gasteiger partial charge in [-0.3, -0.25) is 14.4 Å². The zero-order valence-corrected chi connectivity index (χ0v) is 22.3. The molecule has 1 saturated heterocycles. The van der Waals surface area contributed by atoms with Gasteiger partial charge in [0.15, 0.2) is 5.78 Å². The van der Waals surface area contributed by atoms with Gasteiger partial charge in [0.25, 0.3) is 0 Å². The number of halogens is 1. The van der Waals surface area contributed by atoms with Crippen molar-refractivity contribution in [2.75, 3.05) is 11.9 Å². The maximum Gasteiger partial charge on any atom is 0.237 e. The van der Waals surface area contributed by atoms with Crippen LogP contribution in [-0.2, 0) is 27.8 Å². The highest BCUT2D eigenvalue weighted by Gasteiger charge is 2.51. The molecular formula is C31H30ClN3O3. The van der Waals surface area contributed by atoms with Gasteiger partial charge in [0, 0.05) is 53.2 Å². The van der Waals surface area contributed by atoms with Crippen molar-refractivity contribution >= 4 is 35.0 Å². The van der Waals surface area contributed by atoms with Gasteiger partial charge in [0.05, 0.1) is 5.41 Å². The Kier molecular flexibility index (Phi) is 6.10. The number of likely N-dealkylation sites (tertiary alicyclic amines) is 1. The first-order valence-electron chi connectivity index (χ1n) is 13.3. The molecule has 0 unspecified atom stereocenters. The van der Waals surface area contributed by atoms with Crippen molar-refractivity contribution in [1.82, 2.24) is 9.88 Å². The number of hydrogen-bond donors (Lipinski definition) is 1. The Bertz CT molecular complexity index is 1470. The Balaban J connectivity index is 1.24. The Morgan fingerprint density at radius 3 is 2.71 bits per heavy atom. The summed E-state index contributed by atoms with van der Waals surface area (Å²) in [5, 5.41) is 3.60. The maximum atomic E-state index is 13.5. The molecule has 0 saturated carbocycles. The number of anilines is 1. The normalized spacial score (nSPS) is 25.9. The number of piperidine rings is 1. The van der Waals surface area contributed by atoms with E-state index in [0.29, 0.717) is 42.2 Å². The first-order valence-corrected chi connectivity index (χ1v) is 13.7. The number of carbonyl (C=O) groups excluding carboxylic acids is 3. The lowest BCUT2D eigenvalue weighted by Gasteiger charge is -2.42. The maximum absolute atomic E-state index is 13.5. The molecule has 194 valence electrons. The number of nitrogens with one attached hydrogen (secondary N) is 1. The number of likely N-dealkylation sites (N-methyl/N-ethyl adjacent to an activating group) is 1. The summed E-state index contributed by atoms with van der Waals surface area (Å²) < 4.78 is 0. The van der Waals surface area contributed by atoms with E-state index in [-0.39, 0.29) is 41.9 Å². The molecule has 38 heavy (non-hydrogen) atoms. The number of rotatable bonds is 5. The third-order valence-electron chi connectivity index (χ3n) is 8.80. The van der Waals surface area contributed by atoms with Crippen LogP contribution in [-0.4, -0.2) is 40.1 Å². The van der Waals surface area contributed by atoms with Gasteiger partial charge in [-0.15, -0.1) is 0 Å². The van der Waals surface area contributed by atoms with Crippen molar-refractivity contribution in [3.05, 3.63) is 93.6 Å². The molecule has 3 aliphatic rings. The van der Waals surface area contributed by atoms with E-state index in [4.69, 9.17) is 11.6 Å². The Labute approximate surface area is 227 Å². The van der Waals surface area contributed by atoms with Crippen LogP contribution in [0.3, 0.4) is 0 Å². The van der Waals surface area contributed by atoms with E-state index in [0.717, 1.165) is 22.3 Å². The van der Waals surface area contributed by atoms with Crippen molar-refractivity contribution in [2.24, 2.45) is 5.92 Å². The predicted molar refractivity (Wildman–Crippen MR) is 146 cm³/mol. The molecule has 1 spiro atoms. The molecule has 0 bridgehead atoms. The number of Topliss-reactive ketones (excluding diaryl/α,β-unsaturated/α-hetero) is 1. The topological polar surface area (TPSA) is 79.4 Å². The standard InChI is InChI=1S/C31H30ClN3O3/c1-3-35-18(2)25(19-6-4-7-24(32)13-19)14-22(29(35)37)15-27(36)20-9-10-21-16-31(17-23(21)12-20)26-8-5-11-33-28(26)34-30(31)38/h4-13,18,22,25H,3,14-17H2,1-2H3,(H,33,34,38)/t18-,22-,25-,31-/m1/s1. The molecule has 1 fully saturated rings. The molecule has 1 aliphatic carbocycles. The van der Waals surface area contributed by atoms with E-state index < -0.39 is 5.41 Å². The SMILES string of the molecule is CCN1C(=O)[C@@H](CC(=O)c2ccc3c(c2)C[C@@]2(C3)C(=O)Nc3ncccc32)C[C@@H](c2cccc(Cl)c2)[C@H]1C. The van der Waals surface area contributed by atoms with E-state index in [1.807, 2.05) is 60.4 Å². The number of pyridine rings is 1. The summed E-state index contributed by atoms with van der Waals surface area (Å²) in [6.45, 7) is 4.66. The molecule has 2 aromatic carbocycles. The van der Waals surface area contributed by atoms with Crippen LogP contribution in [0.4, 0.5) is 5.82 Å². The van der Waals surface area contributed by atoms with E-state index in [1.165, 1.54) is 0 Å². The molecule has 0 radical (unpaired) electrons. The van der Waals surface area contributed by atoms with E-state index in [1.54, 1.807) is 6.20 Å². The number of ketones is 1. The minimum Gasteiger partial charge on any atom is -0.339 e. The van der Waals surface area contributed by atoms with E-state index in [9.17, 15) is 14.4 Å². The van der Waals surface area contributed by atoms with Gasteiger partial charge in [0.2, 0.25) is 11.8 Å². The second-order valence-corrected chi connectivity index (χ2v) is 11.3. The molecule has 3 aromatic rings. The molecule has 4 atom stereocenters. The summed E-state index contributed by atoms with van der Waals surface area (Å²) in [7, 11) is 0. The Morgan fingerprint density at radius 1 is 1.11 bits per heavy atom. The highest BCUT2D eigenvalue weighted by atomic mass is 35.5. The fourth-order valence-corrected chi connectivity index (χ4v) is 7.00. The minimum absolute atomic E-state index is 0.0310. The van der Waals surface area contributed by atoms with Gasteiger partial charge in [0.1, 0.15) is 5.82 Å². The fourth-order valence-electron chi connectivity index (χ4n) is 6.81. The predicted octanol–water partition coefficient (Wildman–Crippen LogP) is 5.34. The molecular weight excluding hydrogens is 498 g/mol. The van der Waals surface area contributed by atoms with Crippen LogP contribution >= 0.6 is 11.6 Å². The number of nitrogens with zero attached hydrogens (tertiary/aromatic N) is 2. The van der Waals surface area contributed by atoms with Crippen LogP contribution < -0.4 is 5.32 Å². The van der Waals surface area contributed by atoms with Gasteiger partial charge < -0.3 is 10.2 Å². The summed E-state index contributed by atoms with van der Waals surface area (Å²) in [5.41, 5.74) is 4.03. The van der Waals surface area contributed by atoms with Gasteiger partial charge >= 0.3 is 0 Å². The molecule has 6 nitrogen and oxygen atoms in total. The Hall–Kier alpha value is -3.51. The van der Waals surface area contributed by atoms with Crippen LogP contribution in [0.5, 0.6) is 0 Å². The second kappa shape index (κ2) is 9.35. The van der Waals surface area contributed by atoms with Crippen molar-refractivity contribution < 1.29 is 14.4 Å². The third-order valence-corrected chi connectivity index (χ3v) is 9.03. The summed E-state index contributed by atoms with van der Waals surface area (Å²) in [6, 6.07) is 17.4. The molecule has 2 amide bonds. The van der Waals surface area contributed by atoms with E-state index >= 15 is 0 Å². The molecule has 1 N–H and O–H groups in total. The Morgan fingerprint density at radius 2 is 1.92 bits per heavy atom. The number of fused-ring (bicyclic) bond motifs is 3. The quantitative estimate of drug-likeness (QED) is 0.454.